The molecule has 1 saturated heterocycles. The van der Waals surface area contributed by atoms with Crippen LogP contribution in [0.5, 0.6) is 0 Å². The summed E-state index contributed by atoms with van der Waals surface area (Å²) in [5, 5.41) is 0. The lowest BCUT2D eigenvalue weighted by Crippen LogP contribution is -2.27. The van der Waals surface area contributed by atoms with E-state index in [9.17, 15) is 0 Å². The van der Waals surface area contributed by atoms with E-state index in [-0.39, 0.29) is 5.41 Å². The molecule has 1 aliphatic rings. The minimum absolute atomic E-state index is 0.0284. The van der Waals surface area contributed by atoms with Gasteiger partial charge in [-0.25, -0.2) is 9.97 Å². The van der Waals surface area contributed by atoms with Crippen LogP contribution in [0.25, 0.3) is 0 Å². The Morgan fingerprint density at radius 3 is 2.57 bits per heavy atom. The normalized spacial score (nSPS) is 17.9. The molecular weight excluding hydrogens is 176 g/mol. The molecule has 2 heterocycles. The van der Waals surface area contributed by atoms with Crippen molar-refractivity contribution in [3.63, 3.8) is 0 Å². The minimum atomic E-state index is 0.0284. The second-order valence-electron chi connectivity index (χ2n) is 4.79. The van der Waals surface area contributed by atoms with Gasteiger partial charge in [0.1, 0.15) is 5.82 Å². The first-order chi connectivity index (χ1) is 6.57. The standard InChI is InChI=1S/C11H16N2O/c1-11(2,3)10-12-5-4-9(13-10)8-6-14-7-8/h4-5,8H,6-7H2,1-3H3. The topological polar surface area (TPSA) is 35.0 Å². The molecule has 0 atom stereocenters. The van der Waals surface area contributed by atoms with E-state index in [4.69, 9.17) is 4.74 Å². The van der Waals surface area contributed by atoms with Crippen molar-refractivity contribution in [2.45, 2.75) is 32.1 Å². The molecule has 0 saturated carbocycles. The van der Waals surface area contributed by atoms with Crippen LogP contribution in [0.3, 0.4) is 0 Å². The van der Waals surface area contributed by atoms with Crippen molar-refractivity contribution in [2.24, 2.45) is 0 Å². The van der Waals surface area contributed by atoms with Crippen molar-refractivity contribution in [2.75, 3.05) is 13.2 Å². The number of hydrogen-bond donors (Lipinski definition) is 0. The molecule has 0 N–H and O–H groups in total. The molecule has 1 aromatic heterocycles. The number of rotatable bonds is 1. The first-order valence-electron chi connectivity index (χ1n) is 4.98. The van der Waals surface area contributed by atoms with Gasteiger partial charge in [0.2, 0.25) is 0 Å². The zero-order valence-electron chi connectivity index (χ0n) is 8.95. The van der Waals surface area contributed by atoms with Crippen LogP contribution < -0.4 is 0 Å². The second-order valence-corrected chi connectivity index (χ2v) is 4.79. The first kappa shape index (κ1) is 9.59. The molecule has 0 amide bonds. The maximum atomic E-state index is 5.15. The Hall–Kier alpha value is -0.960. The fourth-order valence-corrected chi connectivity index (χ4v) is 1.37. The van der Waals surface area contributed by atoms with Crippen molar-refractivity contribution in [1.29, 1.82) is 0 Å². The molecule has 3 heteroatoms. The molecule has 0 aliphatic carbocycles. The van der Waals surface area contributed by atoms with Gasteiger partial charge in [0.25, 0.3) is 0 Å². The van der Waals surface area contributed by atoms with Crippen LogP contribution in [0.1, 0.15) is 38.2 Å². The summed E-state index contributed by atoms with van der Waals surface area (Å²) < 4.78 is 5.15. The summed E-state index contributed by atoms with van der Waals surface area (Å²) in [6, 6.07) is 1.99. The van der Waals surface area contributed by atoms with Crippen LogP contribution in [-0.2, 0) is 10.2 Å². The third-order valence-electron chi connectivity index (χ3n) is 2.40. The van der Waals surface area contributed by atoms with Gasteiger partial charge in [-0.05, 0) is 6.07 Å². The van der Waals surface area contributed by atoms with Gasteiger partial charge in [-0.2, -0.15) is 0 Å². The first-order valence-corrected chi connectivity index (χ1v) is 4.98. The highest BCUT2D eigenvalue weighted by Gasteiger charge is 2.24. The van der Waals surface area contributed by atoms with Gasteiger partial charge in [0.05, 0.1) is 18.9 Å². The Balaban J connectivity index is 2.26. The summed E-state index contributed by atoms with van der Waals surface area (Å²) in [6.07, 6.45) is 1.85. The third-order valence-corrected chi connectivity index (χ3v) is 2.40. The van der Waals surface area contributed by atoms with Gasteiger partial charge in [0, 0.05) is 17.5 Å². The molecular formula is C11H16N2O. The zero-order valence-corrected chi connectivity index (χ0v) is 8.95. The summed E-state index contributed by atoms with van der Waals surface area (Å²) in [7, 11) is 0. The minimum Gasteiger partial charge on any atom is -0.380 e. The molecule has 0 spiro atoms. The van der Waals surface area contributed by atoms with E-state index >= 15 is 0 Å². The van der Waals surface area contributed by atoms with E-state index in [1.54, 1.807) is 0 Å². The van der Waals surface area contributed by atoms with Crippen LogP contribution >= 0.6 is 0 Å². The molecule has 3 nitrogen and oxygen atoms in total. The van der Waals surface area contributed by atoms with Crippen molar-refractivity contribution in [3.05, 3.63) is 23.8 Å². The maximum absolute atomic E-state index is 5.15. The maximum Gasteiger partial charge on any atom is 0.133 e. The van der Waals surface area contributed by atoms with Crippen LogP contribution in [0, 0.1) is 0 Å². The van der Waals surface area contributed by atoms with E-state index in [0.717, 1.165) is 24.7 Å². The monoisotopic (exact) mass is 192 g/mol. The smallest absolute Gasteiger partial charge is 0.133 e. The fourth-order valence-electron chi connectivity index (χ4n) is 1.37. The van der Waals surface area contributed by atoms with E-state index in [2.05, 4.69) is 30.7 Å². The van der Waals surface area contributed by atoms with Crippen molar-refractivity contribution in [3.8, 4) is 0 Å². The molecule has 76 valence electrons. The molecule has 0 bridgehead atoms. The average molecular weight is 192 g/mol. The predicted molar refractivity (Wildman–Crippen MR) is 54.3 cm³/mol. The molecule has 0 aromatic carbocycles. The molecule has 1 aliphatic heterocycles. The van der Waals surface area contributed by atoms with Gasteiger partial charge in [-0.1, -0.05) is 20.8 Å². The Morgan fingerprint density at radius 2 is 2.07 bits per heavy atom. The summed E-state index contributed by atoms with van der Waals surface area (Å²) >= 11 is 0. The van der Waals surface area contributed by atoms with Crippen LogP contribution in [-0.4, -0.2) is 23.2 Å². The Kier molecular flexibility index (Phi) is 2.27. The lowest BCUT2D eigenvalue weighted by atomic mass is 9.95. The summed E-state index contributed by atoms with van der Waals surface area (Å²) in [5.74, 6) is 1.40. The van der Waals surface area contributed by atoms with Crippen molar-refractivity contribution >= 4 is 0 Å². The lowest BCUT2D eigenvalue weighted by Gasteiger charge is -2.26. The quantitative estimate of drug-likeness (QED) is 0.681. The predicted octanol–water partition coefficient (Wildman–Crippen LogP) is 1.89. The third kappa shape index (κ3) is 1.77. The number of aromatic nitrogens is 2. The van der Waals surface area contributed by atoms with Crippen molar-refractivity contribution < 1.29 is 4.74 Å². The largest absolute Gasteiger partial charge is 0.380 e. The SMILES string of the molecule is CC(C)(C)c1nccc(C2COC2)n1. The second kappa shape index (κ2) is 3.31. The summed E-state index contributed by atoms with van der Waals surface area (Å²) in [5.41, 5.74) is 1.15. The van der Waals surface area contributed by atoms with Crippen molar-refractivity contribution in [1.82, 2.24) is 9.97 Å². The highest BCUT2D eigenvalue weighted by molar-refractivity contribution is 5.14. The van der Waals surface area contributed by atoms with Gasteiger partial charge in [-0.3, -0.25) is 0 Å². The average Bonchev–Trinajstić information content (AvgIpc) is 2.00. The van der Waals surface area contributed by atoms with E-state index in [1.807, 2.05) is 12.3 Å². The van der Waals surface area contributed by atoms with Gasteiger partial charge in [0.15, 0.2) is 0 Å². The Labute approximate surface area is 84.5 Å². The van der Waals surface area contributed by atoms with E-state index in [0.29, 0.717) is 5.92 Å². The highest BCUT2D eigenvalue weighted by atomic mass is 16.5. The Morgan fingerprint density at radius 1 is 1.36 bits per heavy atom. The zero-order chi connectivity index (χ0) is 10.2. The van der Waals surface area contributed by atoms with Crippen LogP contribution in [0.2, 0.25) is 0 Å². The van der Waals surface area contributed by atoms with Gasteiger partial charge in [-0.15, -0.1) is 0 Å². The fraction of sp³-hybridized carbons (Fsp3) is 0.636. The molecule has 2 rings (SSSR count). The highest BCUT2D eigenvalue weighted by Crippen LogP contribution is 2.24. The number of hydrogen-bond acceptors (Lipinski definition) is 3. The number of nitrogens with zero attached hydrogens (tertiary/aromatic N) is 2. The van der Waals surface area contributed by atoms with E-state index in [1.165, 1.54) is 0 Å². The van der Waals surface area contributed by atoms with Crippen LogP contribution in [0.15, 0.2) is 12.3 Å². The summed E-state index contributed by atoms with van der Waals surface area (Å²) in [4.78, 5) is 8.87. The van der Waals surface area contributed by atoms with Crippen LogP contribution in [0.4, 0.5) is 0 Å². The molecule has 1 fully saturated rings. The van der Waals surface area contributed by atoms with Gasteiger partial charge >= 0.3 is 0 Å². The lowest BCUT2D eigenvalue weighted by molar-refractivity contribution is 0.00651. The molecule has 14 heavy (non-hydrogen) atoms. The molecule has 0 radical (unpaired) electrons. The van der Waals surface area contributed by atoms with E-state index < -0.39 is 0 Å². The Bertz CT molecular complexity index is 326. The molecule has 0 unspecified atom stereocenters. The number of ether oxygens (including phenoxy) is 1. The summed E-state index contributed by atoms with van der Waals surface area (Å²) in [6.45, 7) is 8.00. The molecule has 1 aromatic rings. The van der Waals surface area contributed by atoms with Gasteiger partial charge < -0.3 is 4.74 Å².